The Morgan fingerprint density at radius 2 is 0.976 bits per heavy atom. The highest BCUT2D eigenvalue weighted by Gasteiger charge is 2.37. The second-order valence-corrected chi connectivity index (χ2v) is 20.8. The molecule has 0 aliphatic rings. The number of nitrogens with two attached hydrogens (primary N) is 6. The number of aliphatic carboxylic acids is 2. The van der Waals surface area contributed by atoms with Crippen LogP contribution in [-0.2, 0) is 68.7 Å². The number of benzene rings is 1. The molecule has 0 fully saturated rings. The quantitative estimate of drug-likeness (QED) is 0.0126. The Balaban J connectivity index is 3.35. The van der Waals surface area contributed by atoms with Crippen LogP contribution in [0.1, 0.15) is 104 Å². The van der Waals surface area contributed by atoms with Gasteiger partial charge in [0.15, 0.2) is 5.96 Å². The number of thiol groups is 1. The Kier molecular flexibility index (Phi) is 33.1. The molecule has 0 aliphatic heterocycles. The number of carboxylic acids is 2. The van der Waals surface area contributed by atoms with Gasteiger partial charge in [0.2, 0.25) is 65.0 Å². The number of aliphatic imine (C=N–C) groups is 1. The molecule has 1 rings (SSSR count). The van der Waals surface area contributed by atoms with Gasteiger partial charge >= 0.3 is 11.9 Å². The fraction of sp³-hybridized carbons (Fsp3) is 0.608. The Morgan fingerprint density at radius 3 is 1.46 bits per heavy atom. The van der Waals surface area contributed by atoms with Gasteiger partial charge in [0, 0.05) is 31.6 Å². The summed E-state index contributed by atoms with van der Waals surface area (Å²) in [5, 5.41) is 50.8. The van der Waals surface area contributed by atoms with Crippen molar-refractivity contribution in [1.29, 1.82) is 0 Å². The zero-order chi connectivity index (χ0) is 64.0. The molecule has 33 heteroatoms. The molecule has 10 atom stereocenters. The summed E-state index contributed by atoms with van der Waals surface area (Å²) in [6.07, 6.45) is -1.74. The second-order valence-electron chi connectivity index (χ2n) is 20.4. The van der Waals surface area contributed by atoms with Crippen LogP contribution in [0.15, 0.2) is 29.3 Å². The van der Waals surface area contributed by atoms with Gasteiger partial charge in [0.1, 0.15) is 60.1 Å². The van der Waals surface area contributed by atoms with Gasteiger partial charge in [-0.2, -0.15) is 12.6 Å². The molecule has 0 aromatic heterocycles. The topological polar surface area (TPSA) is 559 Å². The van der Waals surface area contributed by atoms with Crippen molar-refractivity contribution in [3.8, 4) is 5.75 Å². The minimum atomic E-state index is -1.83. The molecule has 24 N–H and O–H groups in total. The van der Waals surface area contributed by atoms with Crippen LogP contribution < -0.4 is 82.3 Å². The first kappa shape index (κ1) is 73.7. The summed E-state index contributed by atoms with van der Waals surface area (Å²) in [7, 11) is 0. The van der Waals surface area contributed by atoms with Crippen molar-refractivity contribution in [3.05, 3.63) is 29.8 Å². The molecule has 0 heterocycles. The van der Waals surface area contributed by atoms with Crippen molar-refractivity contribution in [1.82, 2.24) is 47.9 Å². The first-order valence-corrected chi connectivity index (χ1v) is 27.6. The molecule has 1 aromatic carbocycles. The third kappa shape index (κ3) is 28.1. The van der Waals surface area contributed by atoms with E-state index in [1.165, 1.54) is 45.0 Å². The van der Waals surface area contributed by atoms with E-state index in [2.05, 4.69) is 65.5 Å². The van der Waals surface area contributed by atoms with Gasteiger partial charge in [-0.25, -0.2) is 4.79 Å². The molecule has 11 amide bonds. The highest BCUT2D eigenvalue weighted by molar-refractivity contribution is 7.80. The van der Waals surface area contributed by atoms with Gasteiger partial charge in [0.25, 0.3) is 0 Å². The van der Waals surface area contributed by atoms with Gasteiger partial charge in [-0.3, -0.25) is 62.5 Å². The van der Waals surface area contributed by atoms with E-state index in [0.29, 0.717) is 24.9 Å². The lowest BCUT2D eigenvalue weighted by Crippen LogP contribution is -2.61. The number of amides is 11. The summed E-state index contributed by atoms with van der Waals surface area (Å²) < 4.78 is 0. The van der Waals surface area contributed by atoms with E-state index >= 15 is 0 Å². The first-order chi connectivity index (χ1) is 39.3. The zero-order valence-electron chi connectivity index (χ0n) is 47.6. The van der Waals surface area contributed by atoms with Crippen LogP contribution in [0.4, 0.5) is 0 Å². The van der Waals surface area contributed by atoms with Crippen molar-refractivity contribution in [2.45, 2.75) is 166 Å². The highest BCUT2D eigenvalue weighted by Crippen LogP contribution is 2.14. The van der Waals surface area contributed by atoms with Crippen LogP contribution in [0.2, 0.25) is 0 Å². The number of hydrogen-bond donors (Lipinski definition) is 19. The Morgan fingerprint density at radius 1 is 0.512 bits per heavy atom. The fourth-order valence-electron chi connectivity index (χ4n) is 7.77. The van der Waals surface area contributed by atoms with Crippen molar-refractivity contribution >= 4 is 95.5 Å². The number of hydrogen-bond acceptors (Lipinski definition) is 18. The predicted molar refractivity (Wildman–Crippen MR) is 306 cm³/mol. The number of nitrogens with one attached hydrogen (secondary N) is 9. The number of primary amides is 2. The maximum Gasteiger partial charge on any atom is 0.326 e. The minimum absolute atomic E-state index is 0.0716. The van der Waals surface area contributed by atoms with Crippen LogP contribution in [0.3, 0.4) is 0 Å². The average molecular weight is 1210 g/mol. The van der Waals surface area contributed by atoms with E-state index < -0.39 is 181 Å². The molecule has 32 nitrogen and oxygen atoms in total. The number of carboxylic acid groups (broad SMARTS) is 2. The van der Waals surface area contributed by atoms with Crippen molar-refractivity contribution in [2.75, 3.05) is 18.8 Å². The lowest BCUT2D eigenvalue weighted by molar-refractivity contribution is -0.143. The number of phenols is 1. The number of carbonyl (C=O) groups is 13. The second kappa shape index (κ2) is 37.7. The Bertz CT molecular complexity index is 2480. The third-order valence-corrected chi connectivity index (χ3v) is 12.9. The number of aromatic hydroxyl groups is 1. The number of nitrogens with zero attached hydrogens (tertiary/aromatic N) is 1. The summed E-state index contributed by atoms with van der Waals surface area (Å²) in [6, 6.07) is -9.36. The maximum atomic E-state index is 14.0. The summed E-state index contributed by atoms with van der Waals surface area (Å²) in [4.78, 5) is 174. The number of carbonyl (C=O) groups excluding carboxylic acids is 11. The smallest absolute Gasteiger partial charge is 0.326 e. The molecular formula is C51H84N16O16S. The van der Waals surface area contributed by atoms with Gasteiger partial charge in [0.05, 0.1) is 12.5 Å². The van der Waals surface area contributed by atoms with E-state index in [-0.39, 0.29) is 50.4 Å². The van der Waals surface area contributed by atoms with Crippen molar-refractivity contribution in [2.24, 2.45) is 51.2 Å². The Labute approximate surface area is 490 Å². The number of guanidine groups is 1. The van der Waals surface area contributed by atoms with Crippen LogP contribution in [0.25, 0.3) is 0 Å². The summed E-state index contributed by atoms with van der Waals surface area (Å²) in [6.45, 7) is 7.73. The van der Waals surface area contributed by atoms with Crippen LogP contribution in [0, 0.1) is 11.8 Å². The lowest BCUT2D eigenvalue weighted by atomic mass is 10.00. The molecule has 0 saturated heterocycles. The number of unbranched alkanes of at least 4 members (excludes halogenated alkanes) is 1. The molecule has 0 bridgehead atoms. The molecule has 0 aliphatic carbocycles. The molecule has 1 aromatic rings. The summed E-state index contributed by atoms with van der Waals surface area (Å²) in [5.74, 6) is -15.9. The number of rotatable bonds is 40. The molecule has 0 spiro atoms. The van der Waals surface area contributed by atoms with E-state index in [0.717, 1.165) is 0 Å². The maximum absolute atomic E-state index is 14.0. The first-order valence-electron chi connectivity index (χ1n) is 27.0. The van der Waals surface area contributed by atoms with Crippen LogP contribution >= 0.6 is 12.6 Å². The molecule has 470 valence electrons. The van der Waals surface area contributed by atoms with E-state index in [9.17, 15) is 77.6 Å². The molecular weight excluding hydrogens is 1120 g/mol. The molecule has 0 radical (unpaired) electrons. The lowest BCUT2D eigenvalue weighted by Gasteiger charge is -2.28. The van der Waals surface area contributed by atoms with Gasteiger partial charge < -0.3 is 97.6 Å². The van der Waals surface area contributed by atoms with E-state index in [1.54, 1.807) is 13.8 Å². The minimum Gasteiger partial charge on any atom is -0.508 e. The monoisotopic (exact) mass is 1210 g/mol. The SMILES string of the molecule is CC(C)[C@H](NC(=O)[C@H](Cc1ccc(O)cc1)NC(=O)[C@H](C)NC(=O)[C@H](CS)NC(=O)[C@H](CC(N)=O)NC(=O)[C@@H](NC(=O)[C@H](CCC(=O)O)NC(=O)[C@H](CCC(N)=O)NC(=O)[C@@H](N)CCCCN)C(C)C)C(=O)N[C@@H](CCCN=C(N)N)C(=O)O. The van der Waals surface area contributed by atoms with Gasteiger partial charge in [-0.1, -0.05) is 46.2 Å². The van der Waals surface area contributed by atoms with Crippen molar-refractivity contribution < 1.29 is 77.6 Å². The predicted octanol–water partition coefficient (Wildman–Crippen LogP) is -5.84. The third-order valence-electron chi connectivity index (χ3n) is 12.6. The van der Waals surface area contributed by atoms with Gasteiger partial charge in [-0.05, 0) is 81.5 Å². The van der Waals surface area contributed by atoms with E-state index in [4.69, 9.17) is 34.4 Å². The summed E-state index contributed by atoms with van der Waals surface area (Å²) in [5.41, 5.74) is 33.3. The molecule has 0 unspecified atom stereocenters. The standard InChI is InChI=1S/C51H84N16O16S/c1-24(2)39(48(80)62-32(50(82)83)10-8-20-58-51(56)57)67-46(78)33(21-27-11-13-28(68)14-12-27)63-41(73)26(5)59-47(79)35(23-84)65-45(77)34(22-37(55)70)64-49(81)40(25(3)4)66-44(76)31(16-18-38(71)72)61-43(75)30(15-17-36(54)69)60-42(74)29(53)9-6-7-19-52/h11-14,24-26,29-35,39-40,68,84H,6-10,15-23,52-53H2,1-5H3,(H2,54,69)(H2,55,70)(H,59,79)(H,60,74)(H,61,75)(H,62,80)(H,63,73)(H,64,81)(H,65,77)(H,66,76)(H,67,78)(H,71,72)(H,82,83)(H4,56,57,58)/t26-,29-,30-,31-,32-,33-,34-,35-,39-,40-/m0/s1. The van der Waals surface area contributed by atoms with Crippen LogP contribution in [0.5, 0.6) is 5.75 Å². The fourth-order valence-corrected chi connectivity index (χ4v) is 8.03. The van der Waals surface area contributed by atoms with Crippen molar-refractivity contribution in [3.63, 3.8) is 0 Å². The molecule has 0 saturated carbocycles. The Hall–Kier alpha value is -8.33. The van der Waals surface area contributed by atoms with Gasteiger partial charge in [-0.15, -0.1) is 0 Å². The largest absolute Gasteiger partial charge is 0.508 e. The van der Waals surface area contributed by atoms with Crippen LogP contribution in [-0.4, -0.2) is 177 Å². The zero-order valence-corrected chi connectivity index (χ0v) is 48.5. The summed E-state index contributed by atoms with van der Waals surface area (Å²) >= 11 is 4.16. The number of phenolic OH excluding ortho intramolecular Hbond substituents is 1. The normalized spacial score (nSPS) is 14.6. The average Bonchev–Trinajstić information content (AvgIpc) is 3.63. The highest BCUT2D eigenvalue weighted by atomic mass is 32.1. The van der Waals surface area contributed by atoms with E-state index in [1.807, 2.05) is 0 Å². The molecule has 84 heavy (non-hydrogen) atoms.